The Bertz CT molecular complexity index is 307. The zero-order valence-electron chi connectivity index (χ0n) is 16.0. The fourth-order valence-corrected chi connectivity index (χ4v) is 17.4. The first-order chi connectivity index (χ1) is 10.8. The van der Waals surface area contributed by atoms with E-state index in [9.17, 15) is 0 Å². The number of ether oxygens (including phenoxy) is 4. The van der Waals surface area contributed by atoms with Gasteiger partial charge in [0.25, 0.3) is 0 Å². The predicted octanol–water partition coefficient (Wildman–Crippen LogP) is 3.14. The molecule has 1 rings (SSSR count). The molecule has 1 heterocycles. The highest BCUT2D eigenvalue weighted by Crippen LogP contribution is 2.36. The summed E-state index contributed by atoms with van der Waals surface area (Å²) >= 11 is 0. The first-order valence-electron chi connectivity index (χ1n) is 9.00. The van der Waals surface area contributed by atoms with Crippen molar-refractivity contribution in [1.82, 2.24) is 4.23 Å². The van der Waals surface area contributed by atoms with Crippen molar-refractivity contribution >= 4 is 16.5 Å². The molecule has 0 bridgehead atoms. The van der Waals surface area contributed by atoms with Crippen LogP contribution in [0.3, 0.4) is 0 Å². The van der Waals surface area contributed by atoms with Crippen molar-refractivity contribution in [3.8, 4) is 0 Å². The summed E-state index contributed by atoms with van der Waals surface area (Å²) in [5, 5.41) is 0. The maximum absolute atomic E-state index is 5.78. The van der Waals surface area contributed by atoms with Gasteiger partial charge in [-0.15, -0.1) is 0 Å². The van der Waals surface area contributed by atoms with E-state index in [1.807, 2.05) is 13.8 Å². The standard InChI is InChI=1S/C16H37NO4Si2/c1-7-20-16(21-8-2)15-19-12-11-18-10-9-17-22(3,4)13-14-23(17,5)6/h16H,7-15H2,1-6H3. The Labute approximate surface area is 144 Å². The van der Waals surface area contributed by atoms with Gasteiger partial charge in [-0.1, -0.05) is 26.2 Å². The highest BCUT2D eigenvalue weighted by molar-refractivity contribution is 6.95. The molecule has 0 aromatic heterocycles. The van der Waals surface area contributed by atoms with E-state index in [0.717, 1.165) is 13.2 Å². The van der Waals surface area contributed by atoms with Crippen LogP contribution in [0, 0.1) is 0 Å². The Morgan fingerprint density at radius 1 is 0.826 bits per heavy atom. The average molecular weight is 364 g/mol. The zero-order chi connectivity index (χ0) is 17.3. The highest BCUT2D eigenvalue weighted by atomic mass is 28.4. The first-order valence-corrected chi connectivity index (χ1v) is 15.3. The van der Waals surface area contributed by atoms with Crippen molar-refractivity contribution < 1.29 is 18.9 Å². The summed E-state index contributed by atoms with van der Waals surface area (Å²) in [7, 11) is -2.33. The molecule has 138 valence electrons. The monoisotopic (exact) mass is 363 g/mol. The smallest absolute Gasteiger partial charge is 0.180 e. The molecule has 0 atom stereocenters. The second kappa shape index (κ2) is 10.3. The van der Waals surface area contributed by atoms with Gasteiger partial charge in [0, 0.05) is 19.8 Å². The van der Waals surface area contributed by atoms with Gasteiger partial charge in [0.2, 0.25) is 0 Å². The lowest BCUT2D eigenvalue weighted by Crippen LogP contribution is -2.55. The molecule has 0 aromatic carbocycles. The van der Waals surface area contributed by atoms with Gasteiger partial charge in [-0.2, -0.15) is 0 Å². The molecule has 7 heteroatoms. The van der Waals surface area contributed by atoms with Gasteiger partial charge in [-0.05, 0) is 25.9 Å². The van der Waals surface area contributed by atoms with Crippen LogP contribution in [0.25, 0.3) is 0 Å². The van der Waals surface area contributed by atoms with E-state index in [2.05, 4.69) is 30.4 Å². The maximum atomic E-state index is 5.78. The van der Waals surface area contributed by atoms with Crippen LogP contribution in [-0.4, -0.2) is 73.2 Å². The van der Waals surface area contributed by atoms with Gasteiger partial charge < -0.3 is 23.2 Å². The molecule has 1 saturated heterocycles. The number of hydrogen-bond acceptors (Lipinski definition) is 5. The van der Waals surface area contributed by atoms with Gasteiger partial charge in [0.15, 0.2) is 6.29 Å². The molecule has 1 aliphatic heterocycles. The molecule has 0 aromatic rings. The van der Waals surface area contributed by atoms with Crippen molar-refractivity contribution in [2.45, 2.75) is 58.4 Å². The summed E-state index contributed by atoms with van der Waals surface area (Å²) in [4.78, 5) is 0. The maximum Gasteiger partial charge on any atom is 0.180 e. The summed E-state index contributed by atoms with van der Waals surface area (Å²) in [5.74, 6) is 0. The molecule has 0 N–H and O–H groups in total. The molecule has 0 radical (unpaired) electrons. The lowest BCUT2D eigenvalue weighted by molar-refractivity contribution is -0.169. The number of hydrogen-bond donors (Lipinski definition) is 0. The number of rotatable bonds is 12. The molecular formula is C16H37NO4Si2. The van der Waals surface area contributed by atoms with Gasteiger partial charge in [-0.3, -0.25) is 0 Å². The second-order valence-corrected chi connectivity index (χ2v) is 17.1. The Balaban J connectivity index is 2.11. The molecule has 5 nitrogen and oxygen atoms in total. The van der Waals surface area contributed by atoms with Gasteiger partial charge in [0.1, 0.15) is 16.5 Å². The number of nitrogens with zero attached hydrogens (tertiary/aromatic N) is 1. The summed E-state index contributed by atoms with van der Waals surface area (Å²) in [6.45, 7) is 18.8. The van der Waals surface area contributed by atoms with Crippen molar-refractivity contribution in [2.24, 2.45) is 0 Å². The Kier molecular flexibility index (Phi) is 9.51. The van der Waals surface area contributed by atoms with E-state index in [1.165, 1.54) is 12.1 Å². The third kappa shape index (κ3) is 7.33. The fourth-order valence-electron chi connectivity index (χ4n) is 3.38. The van der Waals surface area contributed by atoms with Gasteiger partial charge >= 0.3 is 0 Å². The lowest BCUT2D eigenvalue weighted by Gasteiger charge is -2.38. The molecule has 0 amide bonds. The van der Waals surface area contributed by atoms with Crippen LogP contribution in [0.2, 0.25) is 38.3 Å². The quantitative estimate of drug-likeness (QED) is 0.303. The largest absolute Gasteiger partial charge is 0.378 e. The van der Waals surface area contributed by atoms with Crippen LogP contribution in [0.1, 0.15) is 13.8 Å². The molecule has 0 spiro atoms. The minimum absolute atomic E-state index is 0.256. The van der Waals surface area contributed by atoms with E-state index >= 15 is 0 Å². The molecule has 0 unspecified atom stereocenters. The van der Waals surface area contributed by atoms with Crippen LogP contribution in [0.15, 0.2) is 0 Å². The summed E-state index contributed by atoms with van der Waals surface area (Å²) in [6, 6.07) is 2.90. The fraction of sp³-hybridized carbons (Fsp3) is 1.00. The minimum Gasteiger partial charge on any atom is -0.378 e. The topological polar surface area (TPSA) is 40.2 Å². The molecule has 0 aliphatic carbocycles. The van der Waals surface area contributed by atoms with E-state index in [0.29, 0.717) is 33.0 Å². The molecule has 1 fully saturated rings. The minimum atomic E-state index is -1.16. The average Bonchev–Trinajstić information content (AvgIpc) is 2.68. The normalized spacial score (nSPS) is 20.5. The summed E-state index contributed by atoms with van der Waals surface area (Å²) < 4.78 is 25.1. The molecule has 1 aliphatic rings. The van der Waals surface area contributed by atoms with Crippen LogP contribution >= 0.6 is 0 Å². The van der Waals surface area contributed by atoms with E-state index in [-0.39, 0.29) is 6.29 Å². The Morgan fingerprint density at radius 3 is 1.87 bits per heavy atom. The van der Waals surface area contributed by atoms with Crippen LogP contribution < -0.4 is 0 Å². The Hall–Kier alpha value is 0.234. The lowest BCUT2D eigenvalue weighted by atomic mass is 10.6. The van der Waals surface area contributed by atoms with E-state index in [1.54, 1.807) is 0 Å². The van der Waals surface area contributed by atoms with Crippen LogP contribution in [0.4, 0.5) is 0 Å². The van der Waals surface area contributed by atoms with Crippen LogP contribution in [-0.2, 0) is 18.9 Å². The summed E-state index contributed by atoms with van der Waals surface area (Å²) in [5.41, 5.74) is 0. The van der Waals surface area contributed by atoms with Crippen LogP contribution in [0.5, 0.6) is 0 Å². The van der Waals surface area contributed by atoms with Crippen molar-refractivity contribution in [3.05, 3.63) is 0 Å². The van der Waals surface area contributed by atoms with Gasteiger partial charge in [-0.25, -0.2) is 0 Å². The first kappa shape index (κ1) is 21.3. The predicted molar refractivity (Wildman–Crippen MR) is 100.0 cm³/mol. The van der Waals surface area contributed by atoms with E-state index < -0.39 is 16.5 Å². The van der Waals surface area contributed by atoms with Gasteiger partial charge in [0.05, 0.1) is 26.4 Å². The van der Waals surface area contributed by atoms with E-state index in [4.69, 9.17) is 18.9 Å². The third-order valence-corrected chi connectivity index (χ3v) is 15.0. The Morgan fingerprint density at radius 2 is 1.35 bits per heavy atom. The molecular weight excluding hydrogens is 326 g/mol. The molecule has 0 saturated carbocycles. The van der Waals surface area contributed by atoms with Crippen molar-refractivity contribution in [1.29, 1.82) is 0 Å². The zero-order valence-corrected chi connectivity index (χ0v) is 18.0. The molecule has 23 heavy (non-hydrogen) atoms. The third-order valence-electron chi connectivity index (χ3n) is 4.60. The second-order valence-electron chi connectivity index (χ2n) is 7.30. The van der Waals surface area contributed by atoms with Crippen molar-refractivity contribution in [2.75, 3.05) is 46.2 Å². The SMILES string of the molecule is CCOC(COCCOCCN1[Si](C)(C)CC[Si]1(C)C)OCC. The van der Waals surface area contributed by atoms with Crippen molar-refractivity contribution in [3.63, 3.8) is 0 Å². The highest BCUT2D eigenvalue weighted by Gasteiger charge is 2.46. The summed E-state index contributed by atoms with van der Waals surface area (Å²) in [6.07, 6.45) is -0.256.